The highest BCUT2D eigenvalue weighted by molar-refractivity contribution is 5.66. The minimum atomic E-state index is -0.373. The van der Waals surface area contributed by atoms with E-state index in [0.29, 0.717) is 13.1 Å². The summed E-state index contributed by atoms with van der Waals surface area (Å²) < 4.78 is 4.41. The van der Waals surface area contributed by atoms with Crippen LogP contribution in [-0.2, 0) is 4.74 Å². The van der Waals surface area contributed by atoms with E-state index in [-0.39, 0.29) is 6.09 Å². The molecule has 0 rings (SSSR count). The molecular weight excluding hydrogens is 170 g/mol. The number of rotatable bonds is 7. The van der Waals surface area contributed by atoms with Crippen LogP contribution in [0.2, 0.25) is 0 Å². The summed E-state index contributed by atoms with van der Waals surface area (Å²) in [6, 6.07) is 0. The van der Waals surface area contributed by atoms with Gasteiger partial charge in [-0.15, -0.1) is 0 Å². The number of ether oxygens (including phenoxy) is 1. The van der Waals surface area contributed by atoms with Gasteiger partial charge in [0.1, 0.15) is 0 Å². The second kappa shape index (κ2) is 9.28. The van der Waals surface area contributed by atoms with Crippen molar-refractivity contribution in [2.45, 2.75) is 12.8 Å². The van der Waals surface area contributed by atoms with E-state index >= 15 is 0 Å². The Morgan fingerprint density at radius 1 is 1.31 bits per heavy atom. The molecule has 0 fully saturated rings. The topological polar surface area (TPSA) is 76.4 Å². The van der Waals surface area contributed by atoms with Gasteiger partial charge >= 0.3 is 6.09 Å². The Morgan fingerprint density at radius 3 is 2.62 bits per heavy atom. The van der Waals surface area contributed by atoms with Gasteiger partial charge in [-0.25, -0.2) is 4.79 Å². The van der Waals surface area contributed by atoms with E-state index < -0.39 is 0 Å². The number of amides is 1. The van der Waals surface area contributed by atoms with Gasteiger partial charge in [-0.3, -0.25) is 0 Å². The molecule has 0 aliphatic carbocycles. The Balaban J connectivity index is 2.95. The Bertz CT molecular complexity index is 131. The molecule has 0 spiro atoms. The van der Waals surface area contributed by atoms with Gasteiger partial charge in [0.05, 0.1) is 7.11 Å². The van der Waals surface area contributed by atoms with Crippen molar-refractivity contribution in [1.82, 2.24) is 10.6 Å². The van der Waals surface area contributed by atoms with E-state index in [4.69, 9.17) is 5.73 Å². The van der Waals surface area contributed by atoms with Crippen LogP contribution in [0, 0.1) is 0 Å². The molecule has 0 aromatic heterocycles. The molecule has 4 N–H and O–H groups in total. The maximum absolute atomic E-state index is 10.6. The average Bonchev–Trinajstić information content (AvgIpc) is 2.16. The van der Waals surface area contributed by atoms with Crippen LogP contribution in [-0.4, -0.2) is 39.4 Å². The van der Waals surface area contributed by atoms with Crippen LogP contribution in [0.5, 0.6) is 0 Å². The van der Waals surface area contributed by atoms with Crippen molar-refractivity contribution >= 4 is 6.09 Å². The fourth-order valence-electron chi connectivity index (χ4n) is 0.828. The highest BCUT2D eigenvalue weighted by Crippen LogP contribution is 1.77. The third-order valence-electron chi connectivity index (χ3n) is 1.54. The molecule has 5 heteroatoms. The lowest BCUT2D eigenvalue weighted by Crippen LogP contribution is -2.27. The van der Waals surface area contributed by atoms with Crippen molar-refractivity contribution < 1.29 is 9.53 Å². The van der Waals surface area contributed by atoms with Crippen LogP contribution < -0.4 is 16.4 Å². The highest BCUT2D eigenvalue weighted by Gasteiger charge is 1.95. The van der Waals surface area contributed by atoms with Crippen molar-refractivity contribution in [1.29, 1.82) is 0 Å². The molecule has 0 heterocycles. The monoisotopic (exact) mass is 189 g/mol. The van der Waals surface area contributed by atoms with E-state index in [1.165, 1.54) is 7.11 Å². The zero-order chi connectivity index (χ0) is 9.94. The van der Waals surface area contributed by atoms with Gasteiger partial charge in [-0.05, 0) is 32.5 Å². The molecular formula is C8H19N3O2. The van der Waals surface area contributed by atoms with Gasteiger partial charge in [0.2, 0.25) is 0 Å². The zero-order valence-electron chi connectivity index (χ0n) is 8.14. The molecule has 5 nitrogen and oxygen atoms in total. The number of hydrogen-bond donors (Lipinski definition) is 3. The minimum absolute atomic E-state index is 0.373. The predicted octanol–water partition coefficient (Wildman–Crippen LogP) is -0.329. The van der Waals surface area contributed by atoms with Crippen LogP contribution in [0.15, 0.2) is 0 Å². The third-order valence-corrected chi connectivity index (χ3v) is 1.54. The fourth-order valence-corrected chi connectivity index (χ4v) is 0.828. The summed E-state index contributed by atoms with van der Waals surface area (Å²) >= 11 is 0. The Kier molecular flexibility index (Phi) is 8.70. The van der Waals surface area contributed by atoms with Crippen molar-refractivity contribution in [3.8, 4) is 0 Å². The van der Waals surface area contributed by atoms with E-state index in [1.54, 1.807) is 0 Å². The molecule has 13 heavy (non-hydrogen) atoms. The molecule has 0 atom stereocenters. The third kappa shape index (κ3) is 9.10. The molecule has 0 bridgehead atoms. The number of hydrogen-bond acceptors (Lipinski definition) is 4. The lowest BCUT2D eigenvalue weighted by atomic mass is 10.4. The predicted molar refractivity (Wildman–Crippen MR) is 51.6 cm³/mol. The van der Waals surface area contributed by atoms with Gasteiger partial charge in [-0.2, -0.15) is 0 Å². The van der Waals surface area contributed by atoms with E-state index in [9.17, 15) is 4.79 Å². The molecule has 0 aromatic carbocycles. The number of nitrogens with one attached hydrogen (secondary N) is 2. The first-order valence-corrected chi connectivity index (χ1v) is 4.54. The number of carbonyl (C=O) groups excluding carboxylic acids is 1. The molecule has 0 aromatic rings. The van der Waals surface area contributed by atoms with Gasteiger partial charge < -0.3 is 21.1 Å². The van der Waals surface area contributed by atoms with E-state index in [0.717, 1.165) is 25.9 Å². The van der Waals surface area contributed by atoms with Crippen molar-refractivity contribution in [3.63, 3.8) is 0 Å². The SMILES string of the molecule is COC(=O)NCCCNCCCN. The number of methoxy groups -OCH3 is 1. The summed E-state index contributed by atoms with van der Waals surface area (Å²) in [5.41, 5.74) is 5.31. The number of carbonyl (C=O) groups is 1. The average molecular weight is 189 g/mol. The van der Waals surface area contributed by atoms with Gasteiger partial charge in [0.25, 0.3) is 0 Å². The largest absolute Gasteiger partial charge is 0.453 e. The first-order chi connectivity index (χ1) is 6.31. The molecule has 0 radical (unpaired) electrons. The number of nitrogens with two attached hydrogens (primary N) is 1. The zero-order valence-corrected chi connectivity index (χ0v) is 8.14. The van der Waals surface area contributed by atoms with Crippen molar-refractivity contribution in [2.24, 2.45) is 5.73 Å². The minimum Gasteiger partial charge on any atom is -0.453 e. The molecule has 78 valence electrons. The molecule has 0 saturated heterocycles. The first-order valence-electron chi connectivity index (χ1n) is 4.54. The maximum atomic E-state index is 10.6. The van der Waals surface area contributed by atoms with Crippen LogP contribution in [0.4, 0.5) is 4.79 Å². The van der Waals surface area contributed by atoms with Crippen molar-refractivity contribution in [3.05, 3.63) is 0 Å². The quantitative estimate of drug-likeness (QED) is 0.479. The molecule has 1 amide bonds. The molecule has 0 aliphatic heterocycles. The van der Waals surface area contributed by atoms with Gasteiger partial charge in [0.15, 0.2) is 0 Å². The summed E-state index contributed by atoms with van der Waals surface area (Å²) in [4.78, 5) is 10.6. The Morgan fingerprint density at radius 2 is 2.00 bits per heavy atom. The lowest BCUT2D eigenvalue weighted by molar-refractivity contribution is 0.171. The maximum Gasteiger partial charge on any atom is 0.406 e. The van der Waals surface area contributed by atoms with Gasteiger partial charge in [-0.1, -0.05) is 0 Å². The van der Waals surface area contributed by atoms with Crippen LogP contribution in [0.25, 0.3) is 0 Å². The summed E-state index contributed by atoms with van der Waals surface area (Å²) in [6.07, 6.45) is 1.52. The second-order valence-corrected chi connectivity index (χ2v) is 2.66. The van der Waals surface area contributed by atoms with Crippen LogP contribution >= 0.6 is 0 Å². The lowest BCUT2D eigenvalue weighted by Gasteiger charge is -2.04. The summed E-state index contributed by atoms with van der Waals surface area (Å²) in [5.74, 6) is 0. The number of alkyl carbamates (subject to hydrolysis) is 1. The second-order valence-electron chi connectivity index (χ2n) is 2.66. The summed E-state index contributed by atoms with van der Waals surface area (Å²) in [6.45, 7) is 3.19. The molecule has 0 unspecified atom stereocenters. The smallest absolute Gasteiger partial charge is 0.406 e. The van der Waals surface area contributed by atoms with Gasteiger partial charge in [0, 0.05) is 6.54 Å². The van der Waals surface area contributed by atoms with Crippen LogP contribution in [0.3, 0.4) is 0 Å². The normalized spacial score (nSPS) is 9.69. The highest BCUT2D eigenvalue weighted by atomic mass is 16.5. The van der Waals surface area contributed by atoms with E-state index in [2.05, 4.69) is 15.4 Å². The van der Waals surface area contributed by atoms with Crippen molar-refractivity contribution in [2.75, 3.05) is 33.3 Å². The molecule has 0 saturated carbocycles. The summed E-state index contributed by atoms with van der Waals surface area (Å²) in [5, 5.41) is 5.80. The Labute approximate surface area is 79.0 Å². The summed E-state index contributed by atoms with van der Waals surface area (Å²) in [7, 11) is 1.36. The first kappa shape index (κ1) is 12.2. The standard InChI is InChI=1S/C8H19N3O2/c1-13-8(12)11-7-3-6-10-5-2-4-9/h10H,2-7,9H2,1H3,(H,11,12). The Hall–Kier alpha value is -0.810. The fraction of sp³-hybridized carbons (Fsp3) is 0.875. The van der Waals surface area contributed by atoms with E-state index in [1.807, 2.05) is 0 Å². The molecule has 0 aliphatic rings. The van der Waals surface area contributed by atoms with Crippen LogP contribution in [0.1, 0.15) is 12.8 Å².